The third kappa shape index (κ3) is 23.4. The molecule has 0 radical (unpaired) electrons. The van der Waals surface area contributed by atoms with Crippen molar-refractivity contribution in [2.75, 3.05) is 46.4 Å². The van der Waals surface area contributed by atoms with E-state index in [0.29, 0.717) is 5.76 Å². The molecule has 1 N–H and O–H groups in total. The number of benzene rings is 1. The minimum Gasteiger partial charge on any atom is -0.491 e. The third-order valence-electron chi connectivity index (χ3n) is 5.87. The second kappa shape index (κ2) is 31.5. The number of carbonyl (C=O) groups excluding carboxylic acids is 2. The lowest BCUT2D eigenvalue weighted by Crippen LogP contribution is -2.28. The van der Waals surface area contributed by atoms with E-state index in [0.717, 1.165) is 26.1 Å². The lowest BCUT2D eigenvalue weighted by Gasteiger charge is -2.22. The van der Waals surface area contributed by atoms with Crippen molar-refractivity contribution in [3.8, 4) is 0 Å². The summed E-state index contributed by atoms with van der Waals surface area (Å²) < 4.78 is 17.9. The van der Waals surface area contributed by atoms with E-state index in [-0.39, 0.29) is 6.10 Å². The van der Waals surface area contributed by atoms with E-state index in [9.17, 15) is 4.39 Å². The second-order valence-corrected chi connectivity index (χ2v) is 9.09. The number of hydrogen-bond acceptors (Lipinski definition) is 5. The Hall–Kier alpha value is -3.03. The molecule has 234 valence electrons. The van der Waals surface area contributed by atoms with Crippen molar-refractivity contribution in [2.45, 2.75) is 73.3 Å². The van der Waals surface area contributed by atoms with E-state index in [4.69, 9.17) is 14.3 Å². The topological polar surface area (TPSA) is 65.6 Å². The van der Waals surface area contributed by atoms with Crippen LogP contribution in [0.5, 0.6) is 0 Å². The van der Waals surface area contributed by atoms with Gasteiger partial charge in [-0.2, -0.15) is 0 Å². The molecule has 3 rings (SSSR count). The zero-order valence-corrected chi connectivity index (χ0v) is 27.0. The van der Waals surface area contributed by atoms with Crippen molar-refractivity contribution < 1.29 is 18.7 Å². The van der Waals surface area contributed by atoms with Crippen LogP contribution in [0.3, 0.4) is 0 Å². The van der Waals surface area contributed by atoms with Gasteiger partial charge < -0.3 is 29.1 Å². The first kappa shape index (κ1) is 42.4. The first-order chi connectivity index (χ1) is 19.9. The van der Waals surface area contributed by atoms with Gasteiger partial charge in [-0.05, 0) is 108 Å². The molecule has 0 aliphatic carbocycles. The highest BCUT2D eigenvalue weighted by molar-refractivity contribution is 5.79. The average molecular weight is 576 g/mol. The van der Waals surface area contributed by atoms with Crippen LogP contribution in [0.1, 0.15) is 65.9 Å². The summed E-state index contributed by atoms with van der Waals surface area (Å²) in [6.07, 6.45) is 13.5. The second-order valence-electron chi connectivity index (χ2n) is 9.09. The molecule has 0 saturated carbocycles. The molecule has 1 aliphatic rings. The van der Waals surface area contributed by atoms with E-state index in [1.807, 2.05) is 40.5 Å². The molecule has 0 bridgehead atoms. The summed E-state index contributed by atoms with van der Waals surface area (Å²) in [7, 11) is 2.17. The molecule has 1 aliphatic heterocycles. The Bertz CT molecular complexity index is 906. The highest BCUT2D eigenvalue weighted by Gasteiger charge is 2.07. The lowest BCUT2D eigenvalue weighted by atomic mass is 10.2. The number of hydrogen-bond donors (Lipinski definition) is 1. The van der Waals surface area contributed by atoms with Gasteiger partial charge in [0, 0.05) is 18.3 Å². The summed E-state index contributed by atoms with van der Waals surface area (Å²) >= 11 is 0. The van der Waals surface area contributed by atoms with Gasteiger partial charge in [-0.3, -0.25) is 0 Å². The van der Waals surface area contributed by atoms with Crippen LogP contribution in [0.2, 0.25) is 0 Å². The quantitative estimate of drug-likeness (QED) is 0.218. The Balaban J connectivity index is -0.000000540. The van der Waals surface area contributed by atoms with Gasteiger partial charge >= 0.3 is 0 Å². The molecule has 1 aromatic carbocycles. The van der Waals surface area contributed by atoms with Gasteiger partial charge in [-0.15, -0.1) is 0 Å². The van der Waals surface area contributed by atoms with Gasteiger partial charge in [-0.1, -0.05) is 58.6 Å². The fourth-order valence-corrected chi connectivity index (χ4v) is 3.85. The Morgan fingerprint density at radius 1 is 1.12 bits per heavy atom. The Morgan fingerprint density at radius 3 is 2.24 bits per heavy atom. The predicted octanol–water partition coefficient (Wildman–Crippen LogP) is 7.95. The lowest BCUT2D eigenvalue weighted by molar-refractivity contribution is -0.0987. The van der Waals surface area contributed by atoms with E-state index < -0.39 is 6.67 Å². The first-order valence-electron chi connectivity index (χ1n) is 14.7. The Kier molecular flexibility index (Phi) is 32.6. The monoisotopic (exact) mass is 575 g/mol. The number of allylic oxidation sites excluding steroid dienone is 4. The highest BCUT2D eigenvalue weighted by Crippen LogP contribution is 2.13. The molecule has 0 amide bonds. The van der Waals surface area contributed by atoms with Crippen molar-refractivity contribution >= 4 is 24.5 Å². The summed E-state index contributed by atoms with van der Waals surface area (Å²) in [5.41, 5.74) is 2.52. The van der Waals surface area contributed by atoms with Crippen molar-refractivity contribution in [1.82, 2.24) is 14.8 Å². The molecular weight excluding hydrogens is 517 g/mol. The number of fused-ring (bicyclic) bond motifs is 1. The van der Waals surface area contributed by atoms with E-state index in [2.05, 4.69) is 73.4 Å². The summed E-state index contributed by atoms with van der Waals surface area (Å²) in [5.74, 6) is 0.665. The zero-order chi connectivity index (χ0) is 31.9. The average Bonchev–Trinajstić information content (AvgIpc) is 3.69. The number of carbonyl (C=O) groups is 2. The SMILES string of the molecule is C=C/C=C(\C=C/CF)OC(C)CCN(CC)CCC.C=O.C=O.CC.CN1CCCC1.Cc1ccc2cc[nH]c2c1. The minimum absolute atomic E-state index is 0.112. The van der Waals surface area contributed by atoms with Gasteiger partial charge in [-0.25, -0.2) is 4.39 Å². The normalized spacial score (nSPS) is 13.1. The largest absolute Gasteiger partial charge is 0.491 e. The van der Waals surface area contributed by atoms with Crippen LogP contribution >= 0.6 is 0 Å². The maximum Gasteiger partial charge on any atom is 0.119 e. The Morgan fingerprint density at radius 2 is 1.76 bits per heavy atom. The maximum absolute atomic E-state index is 12.1. The van der Waals surface area contributed by atoms with Crippen LogP contribution < -0.4 is 0 Å². The fraction of sp³-hybridized carbons (Fsp3) is 0.529. The molecule has 41 heavy (non-hydrogen) atoms. The number of H-pyrrole nitrogens is 1. The van der Waals surface area contributed by atoms with Crippen LogP contribution in [0.4, 0.5) is 4.39 Å². The molecule has 6 nitrogen and oxygen atoms in total. The highest BCUT2D eigenvalue weighted by atomic mass is 19.1. The molecule has 0 spiro atoms. The molecule has 2 aromatic rings. The smallest absolute Gasteiger partial charge is 0.119 e. The van der Waals surface area contributed by atoms with Crippen molar-refractivity contribution in [3.05, 3.63) is 72.7 Å². The van der Waals surface area contributed by atoms with Crippen LogP contribution in [0.15, 0.2) is 67.1 Å². The standard InChI is InChI=1S/C16H28FNO.C9H9N.C5H11N.C2H6.2CH2O/c1-5-9-16(10-8-12-17)19-15(4)11-14-18(7-3)13-6-2;1-7-2-3-8-4-5-10-9(8)6-7;1-6-4-2-3-5-6;3*1-2/h5,8-10,15H,1,6-7,11-14H2,2-4H3;2-6,10H,1H3;2-5H2,1H3;1-2H3;2*1H2/b10-8-,16-9+;;;;;. The van der Waals surface area contributed by atoms with E-state index >= 15 is 0 Å². The summed E-state index contributed by atoms with van der Waals surface area (Å²) in [4.78, 5) is 23.9. The number of nitrogens with one attached hydrogen (secondary N) is 1. The summed E-state index contributed by atoms with van der Waals surface area (Å²) in [6, 6.07) is 8.47. The van der Waals surface area contributed by atoms with Crippen molar-refractivity contribution in [1.29, 1.82) is 0 Å². The molecule has 1 atom stereocenters. The van der Waals surface area contributed by atoms with Gasteiger partial charge in [0.15, 0.2) is 0 Å². The van der Waals surface area contributed by atoms with Crippen molar-refractivity contribution in [3.63, 3.8) is 0 Å². The van der Waals surface area contributed by atoms with Gasteiger partial charge in [0.05, 0.1) is 6.10 Å². The molecule has 7 heteroatoms. The number of rotatable bonds is 11. The van der Waals surface area contributed by atoms with Gasteiger partial charge in [0.1, 0.15) is 26.0 Å². The van der Waals surface area contributed by atoms with E-state index in [1.165, 1.54) is 54.9 Å². The van der Waals surface area contributed by atoms with Crippen LogP contribution in [-0.2, 0) is 14.3 Å². The summed E-state index contributed by atoms with van der Waals surface area (Å²) in [5, 5.41) is 1.28. The number of nitrogens with zero attached hydrogens (tertiary/aromatic N) is 2. The van der Waals surface area contributed by atoms with E-state index in [1.54, 1.807) is 18.2 Å². The maximum atomic E-state index is 12.1. The molecule has 1 saturated heterocycles. The van der Waals surface area contributed by atoms with Gasteiger partial charge in [0.25, 0.3) is 0 Å². The number of aromatic nitrogens is 1. The molecule has 1 fully saturated rings. The zero-order valence-electron chi connectivity index (χ0n) is 27.0. The van der Waals surface area contributed by atoms with Crippen LogP contribution in [0, 0.1) is 6.92 Å². The molecule has 1 aromatic heterocycles. The third-order valence-corrected chi connectivity index (χ3v) is 5.87. The van der Waals surface area contributed by atoms with Gasteiger partial charge in [0.2, 0.25) is 0 Å². The molecular formula is C34H58FN3O3. The number of alkyl halides is 1. The van der Waals surface area contributed by atoms with Crippen LogP contribution in [0.25, 0.3) is 10.9 Å². The minimum atomic E-state index is -0.480. The number of aromatic amines is 1. The fourth-order valence-electron chi connectivity index (χ4n) is 3.85. The summed E-state index contributed by atoms with van der Waals surface area (Å²) in [6.45, 7) is 25.5. The first-order valence-corrected chi connectivity index (χ1v) is 14.7. The number of halogens is 1. The number of ether oxygens (including phenoxy) is 1. The predicted molar refractivity (Wildman–Crippen MR) is 176 cm³/mol. The number of likely N-dealkylation sites (tertiary alicyclic amines) is 1. The molecule has 1 unspecified atom stereocenters. The molecule has 2 heterocycles. The Labute approximate surface area is 250 Å². The number of aryl methyl sites for hydroxylation is 1. The van der Waals surface area contributed by atoms with Crippen molar-refractivity contribution in [2.24, 2.45) is 0 Å². The van der Waals surface area contributed by atoms with Crippen LogP contribution in [-0.4, -0.2) is 80.9 Å².